The van der Waals surface area contributed by atoms with Crippen LogP contribution in [0.5, 0.6) is 0 Å². The summed E-state index contributed by atoms with van der Waals surface area (Å²) >= 11 is 0. The van der Waals surface area contributed by atoms with Crippen LogP contribution in [0.25, 0.3) is 0 Å². The van der Waals surface area contributed by atoms with Gasteiger partial charge in [0.25, 0.3) is 11.9 Å². The van der Waals surface area contributed by atoms with E-state index >= 15 is 0 Å². The molecule has 0 heterocycles. The molecule has 1 N–H and O–H groups in total. The second-order valence-corrected chi connectivity index (χ2v) is 2.30. The molecule has 0 unspecified atom stereocenters. The van der Waals surface area contributed by atoms with Crippen LogP contribution in [-0.4, -0.2) is 15.9 Å². The van der Waals surface area contributed by atoms with Crippen molar-refractivity contribution in [3.8, 4) is 6.19 Å². The molecule has 0 amide bonds. The molecule has 0 aliphatic carbocycles. The summed E-state index contributed by atoms with van der Waals surface area (Å²) in [5, 5.41) is 30.7. The summed E-state index contributed by atoms with van der Waals surface area (Å²) in [5.41, 5.74) is -0.358. The molecule has 0 saturated carbocycles. The summed E-state index contributed by atoms with van der Waals surface area (Å²) in [6.07, 6.45) is 1.28. The number of hydrogen-bond donors (Lipinski definition) is 1. The summed E-state index contributed by atoms with van der Waals surface area (Å²) in [7, 11) is 0. The van der Waals surface area contributed by atoms with E-state index in [9.17, 15) is 10.0 Å². The van der Waals surface area contributed by atoms with E-state index in [0.717, 1.165) is 0 Å². The van der Waals surface area contributed by atoms with Gasteiger partial charge in [-0.1, -0.05) is 12.1 Å². The van der Waals surface area contributed by atoms with Crippen molar-refractivity contribution in [1.82, 2.24) is 0 Å². The Labute approximate surface area is 78.9 Å². The molecule has 14 heavy (non-hydrogen) atoms. The fourth-order valence-electron chi connectivity index (χ4n) is 0.916. The van der Waals surface area contributed by atoms with Crippen molar-refractivity contribution in [2.75, 3.05) is 0 Å². The molecule has 0 fully saturated rings. The molecule has 0 spiro atoms. The summed E-state index contributed by atoms with van der Waals surface area (Å²) < 4.78 is 0. The Hall–Kier alpha value is -2.42. The summed E-state index contributed by atoms with van der Waals surface area (Å²) in [5.74, 6) is -1.24. The number of nitriles is 1. The lowest BCUT2D eigenvalue weighted by Crippen LogP contribution is -2.02. The minimum Gasteiger partial charge on any atom is -0.593 e. The second kappa shape index (κ2) is 4.00. The minimum absolute atomic E-state index is 0.0244. The molecule has 0 atom stereocenters. The highest BCUT2D eigenvalue weighted by molar-refractivity contribution is 5.92. The molecule has 0 radical (unpaired) electrons. The molecule has 0 aliphatic heterocycles. The Kier molecular flexibility index (Phi) is 2.76. The average molecular weight is 191 g/mol. The van der Waals surface area contributed by atoms with Crippen molar-refractivity contribution in [2.24, 2.45) is 5.11 Å². The molecular weight excluding hydrogens is 186 g/mol. The van der Waals surface area contributed by atoms with Gasteiger partial charge in [0.1, 0.15) is 5.56 Å². The molecule has 0 bridgehead atoms. The van der Waals surface area contributed by atoms with E-state index in [1.165, 1.54) is 30.5 Å². The van der Waals surface area contributed by atoms with Gasteiger partial charge in [-0.15, -0.1) is 0 Å². The lowest BCUT2D eigenvalue weighted by atomic mass is 10.2. The maximum absolute atomic E-state index is 11.0. The van der Waals surface area contributed by atoms with Crippen molar-refractivity contribution >= 4 is 11.7 Å². The zero-order chi connectivity index (χ0) is 10.6. The summed E-state index contributed by atoms with van der Waals surface area (Å²) in [4.78, 5) is 10.6. The first-order chi connectivity index (χ1) is 6.66. The number of hydrogen-bond acceptors (Lipinski definition) is 4. The molecule has 0 saturated heterocycles. The highest BCUT2D eigenvalue weighted by atomic mass is 16.5. The third kappa shape index (κ3) is 1.84. The van der Waals surface area contributed by atoms with E-state index in [-0.39, 0.29) is 16.1 Å². The molecule has 6 heteroatoms. The quantitative estimate of drug-likeness (QED) is 0.331. The highest BCUT2D eigenvalue weighted by Crippen LogP contribution is 2.17. The standard InChI is InChI=1S/C8H5N3O3/c9-5-10-11(14)7-4-2-1-3-6(7)8(12)13/h1-4H,(H,12,13). The van der Waals surface area contributed by atoms with Gasteiger partial charge in [-0.3, -0.25) is 0 Å². The first-order valence-electron chi connectivity index (χ1n) is 3.56. The van der Waals surface area contributed by atoms with Gasteiger partial charge >= 0.3 is 5.97 Å². The van der Waals surface area contributed by atoms with Crippen LogP contribution in [0.4, 0.5) is 5.69 Å². The maximum atomic E-state index is 11.0. The van der Waals surface area contributed by atoms with Gasteiger partial charge in [0, 0.05) is 6.07 Å². The third-order valence-corrected chi connectivity index (χ3v) is 1.48. The fourth-order valence-corrected chi connectivity index (χ4v) is 0.916. The summed E-state index contributed by atoms with van der Waals surface area (Å²) in [6, 6.07) is 5.50. The van der Waals surface area contributed by atoms with Crippen LogP contribution in [0.3, 0.4) is 0 Å². The largest absolute Gasteiger partial charge is 0.593 e. The topological polar surface area (TPSA) is 99.5 Å². The van der Waals surface area contributed by atoms with Gasteiger partial charge in [-0.2, -0.15) is 5.26 Å². The maximum Gasteiger partial charge on any atom is 0.342 e. The van der Waals surface area contributed by atoms with Gasteiger partial charge in [0.05, 0.1) is 5.11 Å². The average Bonchev–Trinajstić information content (AvgIpc) is 2.18. The molecule has 6 nitrogen and oxygen atoms in total. The van der Waals surface area contributed by atoms with Crippen LogP contribution >= 0.6 is 0 Å². The predicted octanol–water partition coefficient (Wildman–Crippen LogP) is 1.46. The number of carboxylic acid groups (broad SMARTS) is 1. The molecular formula is C8H5N3O3. The highest BCUT2D eigenvalue weighted by Gasteiger charge is 2.16. The minimum atomic E-state index is -1.24. The number of carbonyl (C=O) groups is 1. The zero-order valence-corrected chi connectivity index (χ0v) is 6.91. The Morgan fingerprint density at radius 2 is 2.21 bits per heavy atom. The summed E-state index contributed by atoms with van der Waals surface area (Å²) in [6.45, 7) is 0. The van der Waals surface area contributed by atoms with E-state index in [2.05, 4.69) is 5.11 Å². The van der Waals surface area contributed by atoms with E-state index in [1.54, 1.807) is 0 Å². The van der Waals surface area contributed by atoms with Crippen LogP contribution in [0.15, 0.2) is 29.4 Å². The van der Waals surface area contributed by atoms with E-state index in [4.69, 9.17) is 10.4 Å². The van der Waals surface area contributed by atoms with Gasteiger partial charge in [-0.25, -0.2) is 4.79 Å². The lowest BCUT2D eigenvalue weighted by molar-refractivity contribution is -0.435. The van der Waals surface area contributed by atoms with Crippen LogP contribution in [-0.2, 0) is 0 Å². The molecule has 1 aromatic carbocycles. The van der Waals surface area contributed by atoms with Gasteiger partial charge in [0.15, 0.2) is 0 Å². The van der Waals surface area contributed by atoms with Gasteiger partial charge in [-0.05, 0) is 10.9 Å². The van der Waals surface area contributed by atoms with E-state index in [0.29, 0.717) is 0 Å². The van der Waals surface area contributed by atoms with E-state index in [1.807, 2.05) is 0 Å². The number of carboxylic acids is 1. The van der Waals surface area contributed by atoms with Crippen molar-refractivity contribution < 1.29 is 14.8 Å². The predicted molar refractivity (Wildman–Crippen MR) is 44.7 cm³/mol. The molecule has 0 aliphatic rings. The first kappa shape index (κ1) is 9.67. The Morgan fingerprint density at radius 3 is 2.79 bits per heavy atom. The molecule has 70 valence electrons. The lowest BCUT2D eigenvalue weighted by Gasteiger charge is -2.00. The van der Waals surface area contributed by atoms with Crippen LogP contribution in [0.1, 0.15) is 10.4 Å². The SMILES string of the molecule is N#CN=[N+]([O-])c1ccccc1C(=O)O. The fraction of sp³-hybridized carbons (Fsp3) is 0. The van der Waals surface area contributed by atoms with Crippen molar-refractivity contribution in [2.45, 2.75) is 0 Å². The van der Waals surface area contributed by atoms with Crippen molar-refractivity contribution in [1.29, 1.82) is 5.26 Å². The number of para-hydroxylation sites is 1. The van der Waals surface area contributed by atoms with Crippen LogP contribution in [0.2, 0.25) is 0 Å². The van der Waals surface area contributed by atoms with Gasteiger partial charge in [0.2, 0.25) is 0 Å². The number of nitrogens with zero attached hydrogens (tertiary/aromatic N) is 3. The molecule has 1 rings (SSSR count). The van der Waals surface area contributed by atoms with Crippen LogP contribution in [0, 0.1) is 16.7 Å². The monoisotopic (exact) mass is 191 g/mol. The van der Waals surface area contributed by atoms with E-state index < -0.39 is 5.97 Å². The van der Waals surface area contributed by atoms with Crippen LogP contribution < -0.4 is 0 Å². The Bertz CT molecular complexity index is 434. The normalized spacial score (nSPS) is 10.6. The molecule has 0 aromatic heterocycles. The van der Waals surface area contributed by atoms with Crippen molar-refractivity contribution in [3.05, 3.63) is 35.0 Å². The Balaban J connectivity index is 3.28. The molecule has 1 aromatic rings. The second-order valence-electron chi connectivity index (χ2n) is 2.30. The van der Waals surface area contributed by atoms with Crippen molar-refractivity contribution in [3.63, 3.8) is 0 Å². The zero-order valence-electron chi connectivity index (χ0n) is 6.91. The number of rotatable bonds is 2. The number of benzene rings is 1. The number of azo groups is 1. The Morgan fingerprint density at radius 1 is 1.57 bits per heavy atom. The first-order valence-corrected chi connectivity index (χ1v) is 3.56. The third-order valence-electron chi connectivity index (χ3n) is 1.48. The number of aromatic carboxylic acids is 1. The smallest absolute Gasteiger partial charge is 0.342 e. The van der Waals surface area contributed by atoms with Gasteiger partial charge < -0.3 is 10.3 Å².